The van der Waals surface area contributed by atoms with Crippen molar-refractivity contribution in [3.8, 4) is 0 Å². The van der Waals surface area contributed by atoms with Gasteiger partial charge in [0.1, 0.15) is 5.82 Å². The van der Waals surface area contributed by atoms with Crippen molar-refractivity contribution in [3.05, 3.63) is 93.7 Å². The van der Waals surface area contributed by atoms with Crippen molar-refractivity contribution in [3.63, 3.8) is 0 Å². The van der Waals surface area contributed by atoms with E-state index in [-0.39, 0.29) is 18.0 Å². The fraction of sp³-hybridized carbons (Fsp3) is 0.0952. The van der Waals surface area contributed by atoms with Crippen molar-refractivity contribution in [2.24, 2.45) is 0 Å². The van der Waals surface area contributed by atoms with E-state index in [1.54, 1.807) is 18.2 Å². The molecule has 140 valence electrons. The quantitative estimate of drug-likeness (QED) is 0.565. The first-order valence-electron chi connectivity index (χ1n) is 8.62. The molecule has 0 saturated carbocycles. The number of carbonyl (C=O) groups is 1. The molecule has 2 aromatic carbocycles. The van der Waals surface area contributed by atoms with Gasteiger partial charge in [-0.15, -0.1) is 0 Å². The van der Waals surface area contributed by atoms with Crippen molar-refractivity contribution in [1.29, 1.82) is 0 Å². The van der Waals surface area contributed by atoms with E-state index >= 15 is 0 Å². The zero-order valence-corrected chi connectivity index (χ0v) is 15.8. The van der Waals surface area contributed by atoms with Crippen molar-refractivity contribution in [1.82, 2.24) is 9.55 Å². The molecular formula is C21H16FN3O2S. The van der Waals surface area contributed by atoms with Gasteiger partial charge in [-0.05, 0) is 36.8 Å². The monoisotopic (exact) mass is 393 g/mol. The number of hydrogen-bond acceptors (Lipinski definition) is 4. The van der Waals surface area contributed by atoms with Gasteiger partial charge in [-0.1, -0.05) is 35.6 Å². The molecule has 1 N–H and O–H groups in total. The lowest BCUT2D eigenvalue weighted by Gasteiger charge is -2.09. The Morgan fingerprint density at radius 3 is 2.82 bits per heavy atom. The Kier molecular flexibility index (Phi) is 4.75. The lowest BCUT2D eigenvalue weighted by molar-refractivity contribution is 0.102. The first-order chi connectivity index (χ1) is 13.5. The van der Waals surface area contributed by atoms with Gasteiger partial charge >= 0.3 is 0 Å². The van der Waals surface area contributed by atoms with Gasteiger partial charge in [-0.2, -0.15) is 0 Å². The van der Waals surface area contributed by atoms with E-state index in [1.807, 2.05) is 25.1 Å². The van der Waals surface area contributed by atoms with Crippen LogP contribution in [0.5, 0.6) is 0 Å². The van der Waals surface area contributed by atoms with E-state index in [2.05, 4.69) is 10.3 Å². The standard InChI is InChI=1S/C21H16FN3O2S/c1-13-6-8-17-18(10-13)28-21(23-17)24-20(27)15-7-9-19(26)25(12-15)11-14-4-2-3-5-16(14)22/h2-10,12H,11H2,1H3,(H,23,24,27). The molecule has 4 aromatic rings. The van der Waals surface area contributed by atoms with Crippen LogP contribution >= 0.6 is 11.3 Å². The maximum absolute atomic E-state index is 13.9. The van der Waals surface area contributed by atoms with E-state index in [4.69, 9.17) is 0 Å². The number of anilines is 1. The van der Waals surface area contributed by atoms with Crippen molar-refractivity contribution >= 4 is 32.6 Å². The number of hydrogen-bond donors (Lipinski definition) is 1. The van der Waals surface area contributed by atoms with Gasteiger partial charge in [-0.3, -0.25) is 14.9 Å². The molecule has 0 unspecified atom stereocenters. The Balaban J connectivity index is 1.58. The molecule has 0 atom stereocenters. The van der Waals surface area contributed by atoms with Gasteiger partial charge < -0.3 is 4.57 Å². The summed E-state index contributed by atoms with van der Waals surface area (Å²) in [6.07, 6.45) is 1.43. The van der Waals surface area contributed by atoms with Crippen LogP contribution in [-0.2, 0) is 6.54 Å². The number of aryl methyl sites for hydroxylation is 1. The zero-order chi connectivity index (χ0) is 19.7. The highest BCUT2D eigenvalue weighted by molar-refractivity contribution is 7.22. The fourth-order valence-electron chi connectivity index (χ4n) is 2.85. The average molecular weight is 393 g/mol. The van der Waals surface area contributed by atoms with E-state index in [0.29, 0.717) is 16.3 Å². The molecule has 0 aliphatic rings. The maximum Gasteiger partial charge on any atom is 0.258 e. The summed E-state index contributed by atoms with van der Waals surface area (Å²) in [7, 11) is 0. The molecule has 0 bridgehead atoms. The van der Waals surface area contributed by atoms with E-state index in [9.17, 15) is 14.0 Å². The minimum Gasteiger partial charge on any atom is -0.310 e. The third kappa shape index (κ3) is 3.70. The number of halogens is 1. The second-order valence-electron chi connectivity index (χ2n) is 6.42. The molecule has 1 amide bonds. The largest absolute Gasteiger partial charge is 0.310 e. The van der Waals surface area contributed by atoms with Gasteiger partial charge in [-0.25, -0.2) is 9.37 Å². The number of carbonyl (C=O) groups excluding carboxylic acids is 1. The number of amides is 1. The Morgan fingerprint density at radius 2 is 2.00 bits per heavy atom. The Morgan fingerprint density at radius 1 is 1.18 bits per heavy atom. The number of fused-ring (bicyclic) bond motifs is 1. The predicted molar refractivity (Wildman–Crippen MR) is 109 cm³/mol. The molecule has 2 aromatic heterocycles. The topological polar surface area (TPSA) is 64.0 Å². The fourth-order valence-corrected chi connectivity index (χ4v) is 3.81. The van der Waals surface area contributed by atoms with E-state index < -0.39 is 5.82 Å². The predicted octanol–water partition coefficient (Wildman–Crippen LogP) is 4.21. The summed E-state index contributed by atoms with van der Waals surface area (Å²) in [5, 5.41) is 3.25. The molecule has 0 saturated heterocycles. The summed E-state index contributed by atoms with van der Waals surface area (Å²) >= 11 is 1.39. The van der Waals surface area contributed by atoms with E-state index in [0.717, 1.165) is 15.8 Å². The molecule has 0 aliphatic carbocycles. The second-order valence-corrected chi connectivity index (χ2v) is 7.45. The minimum absolute atomic E-state index is 0.0487. The van der Waals surface area contributed by atoms with Gasteiger partial charge in [0.15, 0.2) is 5.13 Å². The van der Waals surface area contributed by atoms with Gasteiger partial charge in [0.05, 0.1) is 22.3 Å². The Hall–Kier alpha value is -3.32. The summed E-state index contributed by atoms with van der Waals surface area (Å²) in [6.45, 7) is 2.04. The summed E-state index contributed by atoms with van der Waals surface area (Å²) in [5.74, 6) is -0.771. The lowest BCUT2D eigenvalue weighted by Crippen LogP contribution is -2.23. The lowest BCUT2D eigenvalue weighted by atomic mass is 10.2. The van der Waals surface area contributed by atoms with Crippen LogP contribution < -0.4 is 10.9 Å². The van der Waals surface area contributed by atoms with Crippen molar-refractivity contribution in [2.45, 2.75) is 13.5 Å². The zero-order valence-electron chi connectivity index (χ0n) is 15.0. The van der Waals surface area contributed by atoms with Gasteiger partial charge in [0.25, 0.3) is 11.5 Å². The number of thiazole rings is 1. The summed E-state index contributed by atoms with van der Waals surface area (Å²) in [4.78, 5) is 29.1. The summed E-state index contributed by atoms with van der Waals surface area (Å²) < 4.78 is 16.2. The van der Waals surface area contributed by atoms with Crippen LogP contribution in [0.2, 0.25) is 0 Å². The van der Waals surface area contributed by atoms with Gasteiger partial charge in [0, 0.05) is 17.8 Å². The van der Waals surface area contributed by atoms with Crippen LogP contribution in [0.15, 0.2) is 65.6 Å². The third-order valence-electron chi connectivity index (χ3n) is 4.31. The maximum atomic E-state index is 13.9. The van der Waals surface area contributed by atoms with Crippen molar-refractivity contribution in [2.75, 3.05) is 5.32 Å². The Bertz CT molecular complexity index is 1250. The molecular weight excluding hydrogens is 377 g/mol. The number of aromatic nitrogens is 2. The normalized spacial score (nSPS) is 10.9. The highest BCUT2D eigenvalue weighted by atomic mass is 32.1. The molecule has 4 rings (SSSR count). The second kappa shape index (κ2) is 7.36. The SMILES string of the molecule is Cc1ccc2nc(NC(=O)c3ccc(=O)n(Cc4ccccc4F)c3)sc2c1. The number of pyridine rings is 1. The molecule has 28 heavy (non-hydrogen) atoms. The first kappa shape index (κ1) is 18.1. The van der Waals surface area contributed by atoms with E-state index in [1.165, 1.54) is 40.3 Å². The highest BCUT2D eigenvalue weighted by Crippen LogP contribution is 2.27. The molecule has 0 fully saturated rings. The highest BCUT2D eigenvalue weighted by Gasteiger charge is 2.12. The summed E-state index contributed by atoms with van der Waals surface area (Å²) in [6, 6.07) is 14.9. The van der Waals surface area contributed by atoms with Gasteiger partial charge in [0.2, 0.25) is 0 Å². The molecule has 0 aliphatic heterocycles. The molecule has 0 spiro atoms. The molecule has 0 radical (unpaired) electrons. The molecule has 7 heteroatoms. The minimum atomic E-state index is -0.394. The molecule has 2 heterocycles. The van der Waals surface area contributed by atoms with Crippen LogP contribution in [0.3, 0.4) is 0 Å². The third-order valence-corrected chi connectivity index (χ3v) is 5.24. The number of benzene rings is 2. The van der Waals surface area contributed by atoms with Crippen LogP contribution in [0.1, 0.15) is 21.5 Å². The van der Waals surface area contributed by atoms with Crippen LogP contribution in [0.4, 0.5) is 9.52 Å². The van der Waals surface area contributed by atoms with Crippen molar-refractivity contribution < 1.29 is 9.18 Å². The number of nitrogens with zero attached hydrogens (tertiary/aromatic N) is 2. The number of rotatable bonds is 4. The van der Waals surface area contributed by atoms with Crippen LogP contribution in [0, 0.1) is 12.7 Å². The molecule has 5 nitrogen and oxygen atoms in total. The summed E-state index contributed by atoms with van der Waals surface area (Å²) in [5.41, 5.74) is 2.30. The smallest absolute Gasteiger partial charge is 0.258 e. The van der Waals surface area contributed by atoms with Crippen LogP contribution in [-0.4, -0.2) is 15.5 Å². The number of nitrogens with one attached hydrogen (secondary N) is 1. The Labute approximate surface area is 164 Å². The average Bonchev–Trinajstić information content (AvgIpc) is 3.06. The van der Waals surface area contributed by atoms with Crippen LogP contribution in [0.25, 0.3) is 10.2 Å². The first-order valence-corrected chi connectivity index (χ1v) is 9.44.